The predicted molar refractivity (Wildman–Crippen MR) is 149 cm³/mol. The third-order valence-electron chi connectivity index (χ3n) is 7.31. The van der Waals surface area contributed by atoms with E-state index in [4.69, 9.17) is 5.11 Å². The van der Waals surface area contributed by atoms with Crippen LogP contribution in [0.5, 0.6) is 5.75 Å². The Kier molecular flexibility index (Phi) is 8.81. The third kappa shape index (κ3) is 6.72. The van der Waals surface area contributed by atoms with Crippen molar-refractivity contribution >= 4 is 17.6 Å². The van der Waals surface area contributed by atoms with Gasteiger partial charge in [0.05, 0.1) is 12.3 Å². The average Bonchev–Trinajstić information content (AvgIpc) is 2.93. The predicted octanol–water partition coefficient (Wildman–Crippen LogP) is 4.05. The molecule has 9 nitrogen and oxygen atoms in total. The van der Waals surface area contributed by atoms with Gasteiger partial charge in [-0.05, 0) is 66.0 Å². The number of carboxylic acids is 1. The molecule has 0 unspecified atom stereocenters. The standard InChI is InChI=1S/C30H36N4O5/c1-18(2)25-15-22(4-5-23(25)17-35)21-6-8-24(9-7-21)34-12-10-20(11-13-34)14-26-32-19(3)29(38)28(33-26)30(39)31-16-27(36)37/h4-9,15,18,20,35,38H,10-14,16-17H2,1-3H3,(H,31,39)(H,36,37). The number of piperidine rings is 1. The monoisotopic (exact) mass is 532 g/mol. The van der Waals surface area contributed by atoms with Crippen LogP contribution in [0.2, 0.25) is 0 Å². The number of aliphatic hydroxyl groups excluding tert-OH is 1. The number of carbonyl (C=O) groups excluding carboxylic acids is 1. The Morgan fingerprint density at radius 3 is 2.33 bits per heavy atom. The normalized spacial score (nSPS) is 14.0. The summed E-state index contributed by atoms with van der Waals surface area (Å²) >= 11 is 0. The zero-order valence-corrected chi connectivity index (χ0v) is 22.6. The summed E-state index contributed by atoms with van der Waals surface area (Å²) in [7, 11) is 0. The van der Waals surface area contributed by atoms with Gasteiger partial charge in [0.2, 0.25) is 0 Å². The van der Waals surface area contributed by atoms with E-state index in [1.807, 2.05) is 6.07 Å². The van der Waals surface area contributed by atoms with Gasteiger partial charge in [-0.25, -0.2) is 9.97 Å². The Hall–Kier alpha value is -3.98. The van der Waals surface area contributed by atoms with Crippen molar-refractivity contribution in [2.24, 2.45) is 5.92 Å². The molecule has 1 aromatic heterocycles. The molecule has 2 aromatic carbocycles. The van der Waals surface area contributed by atoms with Crippen LogP contribution < -0.4 is 10.2 Å². The molecule has 0 spiro atoms. The van der Waals surface area contributed by atoms with E-state index in [1.165, 1.54) is 11.3 Å². The average molecular weight is 533 g/mol. The molecule has 1 amide bonds. The fourth-order valence-corrected chi connectivity index (χ4v) is 5.09. The number of carboxylic acid groups (broad SMARTS) is 1. The molecule has 4 rings (SSSR count). The highest BCUT2D eigenvalue weighted by Gasteiger charge is 2.24. The van der Waals surface area contributed by atoms with Gasteiger partial charge in [0.15, 0.2) is 11.4 Å². The number of aromatic hydroxyl groups is 1. The summed E-state index contributed by atoms with van der Waals surface area (Å²) in [5, 5.41) is 30.9. The summed E-state index contributed by atoms with van der Waals surface area (Å²) in [6.45, 7) is 7.14. The van der Waals surface area contributed by atoms with Crippen LogP contribution in [-0.2, 0) is 17.8 Å². The highest BCUT2D eigenvalue weighted by molar-refractivity contribution is 5.96. The van der Waals surface area contributed by atoms with Crippen molar-refractivity contribution in [1.29, 1.82) is 0 Å². The van der Waals surface area contributed by atoms with E-state index < -0.39 is 18.4 Å². The Bertz CT molecular complexity index is 1330. The molecule has 0 radical (unpaired) electrons. The number of aliphatic hydroxyl groups is 1. The number of anilines is 1. The molecule has 0 bridgehead atoms. The highest BCUT2D eigenvalue weighted by atomic mass is 16.4. The number of rotatable bonds is 9. The highest BCUT2D eigenvalue weighted by Crippen LogP contribution is 2.31. The van der Waals surface area contributed by atoms with Gasteiger partial charge in [-0.2, -0.15) is 0 Å². The summed E-state index contributed by atoms with van der Waals surface area (Å²) in [4.78, 5) is 34.1. The zero-order valence-electron chi connectivity index (χ0n) is 22.6. The van der Waals surface area contributed by atoms with Crippen LogP contribution in [0.3, 0.4) is 0 Å². The van der Waals surface area contributed by atoms with E-state index >= 15 is 0 Å². The molecule has 2 heterocycles. The van der Waals surface area contributed by atoms with E-state index in [0.717, 1.165) is 42.6 Å². The number of nitrogens with zero attached hydrogens (tertiary/aromatic N) is 3. The Morgan fingerprint density at radius 2 is 1.72 bits per heavy atom. The second-order valence-corrected chi connectivity index (χ2v) is 10.4. The molecule has 9 heteroatoms. The number of hydrogen-bond donors (Lipinski definition) is 4. The van der Waals surface area contributed by atoms with Crippen LogP contribution in [0.1, 0.15) is 65.7 Å². The van der Waals surface area contributed by atoms with E-state index in [0.29, 0.717) is 29.8 Å². The lowest BCUT2D eigenvalue weighted by Gasteiger charge is -2.33. The lowest BCUT2D eigenvalue weighted by molar-refractivity contribution is -0.135. The maximum Gasteiger partial charge on any atom is 0.322 e. The minimum Gasteiger partial charge on any atom is -0.504 e. The Morgan fingerprint density at radius 1 is 1.05 bits per heavy atom. The van der Waals surface area contributed by atoms with Crippen LogP contribution in [0.4, 0.5) is 5.69 Å². The molecule has 0 saturated carbocycles. The topological polar surface area (TPSA) is 136 Å². The number of amides is 1. The van der Waals surface area contributed by atoms with Gasteiger partial charge in [-0.3, -0.25) is 9.59 Å². The minimum absolute atomic E-state index is 0.0461. The second-order valence-electron chi connectivity index (χ2n) is 10.4. The molecule has 0 atom stereocenters. The van der Waals surface area contributed by atoms with Crippen LogP contribution in [-0.4, -0.2) is 56.8 Å². The molecule has 1 aliphatic heterocycles. The molecule has 3 aromatic rings. The zero-order chi connectivity index (χ0) is 28.1. The number of aryl methyl sites for hydroxylation is 1. The van der Waals surface area contributed by atoms with Gasteiger partial charge in [0.1, 0.15) is 12.4 Å². The molecule has 0 aliphatic carbocycles. The molecule has 1 saturated heterocycles. The summed E-state index contributed by atoms with van der Waals surface area (Å²) < 4.78 is 0. The number of carbonyl (C=O) groups is 2. The van der Waals surface area contributed by atoms with E-state index in [2.05, 4.69) is 70.4 Å². The fourth-order valence-electron chi connectivity index (χ4n) is 5.09. The molecule has 206 valence electrons. The van der Waals surface area contributed by atoms with Gasteiger partial charge in [0.25, 0.3) is 5.91 Å². The van der Waals surface area contributed by atoms with Crippen molar-refractivity contribution < 1.29 is 24.9 Å². The van der Waals surface area contributed by atoms with Crippen molar-refractivity contribution in [2.75, 3.05) is 24.5 Å². The van der Waals surface area contributed by atoms with Gasteiger partial charge < -0.3 is 25.5 Å². The van der Waals surface area contributed by atoms with Gasteiger partial charge >= 0.3 is 5.97 Å². The van der Waals surface area contributed by atoms with Gasteiger partial charge in [-0.1, -0.05) is 44.2 Å². The summed E-state index contributed by atoms with van der Waals surface area (Å²) in [5.74, 6) is -1.09. The lowest BCUT2D eigenvalue weighted by Crippen LogP contribution is -2.34. The Labute approximate surface area is 228 Å². The molecular formula is C30H36N4O5. The Balaban J connectivity index is 1.38. The fraction of sp³-hybridized carbons (Fsp3) is 0.400. The maximum atomic E-state index is 12.3. The van der Waals surface area contributed by atoms with Crippen molar-refractivity contribution in [1.82, 2.24) is 15.3 Å². The number of hydrogen-bond acceptors (Lipinski definition) is 7. The first-order valence-electron chi connectivity index (χ1n) is 13.3. The smallest absolute Gasteiger partial charge is 0.322 e. The van der Waals surface area contributed by atoms with Crippen LogP contribution in [0.15, 0.2) is 42.5 Å². The van der Waals surface area contributed by atoms with Crippen LogP contribution >= 0.6 is 0 Å². The van der Waals surface area contributed by atoms with E-state index in [-0.39, 0.29) is 18.1 Å². The lowest BCUT2D eigenvalue weighted by atomic mass is 9.92. The maximum absolute atomic E-state index is 12.3. The number of benzene rings is 2. The summed E-state index contributed by atoms with van der Waals surface area (Å²) in [5.41, 5.74) is 5.69. The first-order chi connectivity index (χ1) is 18.7. The van der Waals surface area contributed by atoms with Gasteiger partial charge in [0, 0.05) is 25.2 Å². The number of aliphatic carboxylic acids is 1. The number of aromatic nitrogens is 2. The van der Waals surface area contributed by atoms with Crippen molar-refractivity contribution in [3.63, 3.8) is 0 Å². The van der Waals surface area contributed by atoms with E-state index in [9.17, 15) is 19.8 Å². The molecular weight excluding hydrogens is 496 g/mol. The molecule has 1 aliphatic rings. The molecule has 4 N–H and O–H groups in total. The van der Waals surface area contributed by atoms with Crippen molar-refractivity contribution in [2.45, 2.75) is 52.6 Å². The molecule has 1 fully saturated rings. The van der Waals surface area contributed by atoms with Gasteiger partial charge in [-0.15, -0.1) is 0 Å². The molecule has 39 heavy (non-hydrogen) atoms. The van der Waals surface area contributed by atoms with E-state index in [1.54, 1.807) is 6.92 Å². The third-order valence-corrected chi connectivity index (χ3v) is 7.31. The van der Waals surface area contributed by atoms with Crippen molar-refractivity contribution in [3.05, 3.63) is 70.8 Å². The first kappa shape index (κ1) is 28.0. The largest absolute Gasteiger partial charge is 0.504 e. The summed E-state index contributed by atoms with van der Waals surface area (Å²) in [6.07, 6.45) is 2.45. The quantitative estimate of drug-likeness (QED) is 0.324. The summed E-state index contributed by atoms with van der Waals surface area (Å²) in [6, 6.07) is 14.8. The minimum atomic E-state index is -1.17. The first-order valence-corrected chi connectivity index (χ1v) is 13.3. The SMILES string of the molecule is Cc1nc(CC2CCN(c3ccc(-c4ccc(CO)c(C(C)C)c4)cc3)CC2)nc(C(=O)NCC(=O)O)c1O. The van der Waals surface area contributed by atoms with Crippen LogP contribution in [0.25, 0.3) is 11.1 Å². The van der Waals surface area contributed by atoms with Crippen molar-refractivity contribution in [3.8, 4) is 16.9 Å². The second kappa shape index (κ2) is 12.3. The number of nitrogens with one attached hydrogen (secondary N) is 1. The van der Waals surface area contributed by atoms with Crippen LogP contribution in [0, 0.1) is 12.8 Å².